The van der Waals surface area contributed by atoms with Gasteiger partial charge in [0.05, 0.1) is 29.9 Å². The van der Waals surface area contributed by atoms with Crippen molar-refractivity contribution in [2.24, 2.45) is 11.8 Å². The third kappa shape index (κ3) is 4.36. The van der Waals surface area contributed by atoms with E-state index < -0.39 is 35.5 Å². The lowest BCUT2D eigenvalue weighted by Crippen LogP contribution is -2.56. The van der Waals surface area contributed by atoms with E-state index in [0.717, 1.165) is 0 Å². The zero-order valence-electron chi connectivity index (χ0n) is 17.3. The number of piperidine rings is 1. The van der Waals surface area contributed by atoms with E-state index in [1.54, 1.807) is 11.0 Å². The number of nitrogens with zero attached hydrogens (tertiary/aromatic N) is 6. The van der Waals surface area contributed by atoms with Gasteiger partial charge in [0.1, 0.15) is 24.1 Å². The number of anilines is 1. The molecule has 172 valence electrons. The number of fused-ring (bicyclic) bond motifs is 1. The van der Waals surface area contributed by atoms with Crippen LogP contribution in [0.5, 0.6) is 0 Å². The van der Waals surface area contributed by atoms with Crippen molar-refractivity contribution in [3.63, 3.8) is 0 Å². The second-order valence-corrected chi connectivity index (χ2v) is 8.92. The fourth-order valence-electron chi connectivity index (χ4n) is 3.77. The lowest BCUT2D eigenvalue weighted by atomic mass is 9.86. The van der Waals surface area contributed by atoms with Crippen molar-refractivity contribution >= 4 is 22.8 Å². The Balaban J connectivity index is 1.64. The molecule has 3 aromatic rings. The van der Waals surface area contributed by atoms with Gasteiger partial charge in [0.2, 0.25) is 0 Å². The molecule has 4 heterocycles. The van der Waals surface area contributed by atoms with Crippen molar-refractivity contribution in [2.75, 3.05) is 30.8 Å². The summed E-state index contributed by atoms with van der Waals surface area (Å²) in [4.78, 5) is 14.1. The van der Waals surface area contributed by atoms with E-state index in [1.807, 2.05) is 0 Å². The molecule has 4 rings (SSSR count). The molecule has 1 fully saturated rings. The molecule has 0 aliphatic carbocycles. The van der Waals surface area contributed by atoms with Crippen LogP contribution in [0, 0.1) is 11.8 Å². The normalized spacial score (nSPS) is 21.9. The second-order valence-electron chi connectivity index (χ2n) is 7.72. The predicted molar refractivity (Wildman–Crippen MR) is 111 cm³/mol. The van der Waals surface area contributed by atoms with E-state index in [2.05, 4.69) is 24.8 Å². The molecule has 0 aromatic carbocycles. The molecule has 13 heteroatoms. The van der Waals surface area contributed by atoms with Crippen LogP contribution in [0.1, 0.15) is 19.0 Å². The summed E-state index contributed by atoms with van der Waals surface area (Å²) in [5.74, 6) is -4.54. The van der Waals surface area contributed by atoms with Gasteiger partial charge in [-0.15, -0.1) is 4.72 Å². The van der Waals surface area contributed by atoms with Gasteiger partial charge in [0.15, 0.2) is 5.65 Å². The minimum Gasteiger partial charge on any atom is -0.598 e. The Hall–Kier alpha value is -2.51. The third-order valence-corrected chi connectivity index (χ3v) is 6.11. The Bertz CT molecular complexity index is 1100. The summed E-state index contributed by atoms with van der Waals surface area (Å²) in [5, 5.41) is 4.12. The summed E-state index contributed by atoms with van der Waals surface area (Å²) >= 11 is -1.41. The highest BCUT2D eigenvalue weighted by Gasteiger charge is 2.49. The first-order chi connectivity index (χ1) is 15.2. The first-order valence-electron chi connectivity index (χ1n) is 9.81. The molecule has 3 atom stereocenters. The number of nitrogens with one attached hydrogen (secondary N) is 1. The first-order valence-corrected chi connectivity index (χ1v) is 11.4. The smallest absolute Gasteiger partial charge is 0.280 e. The molecule has 0 radical (unpaired) electrons. The van der Waals surface area contributed by atoms with Gasteiger partial charge in [0, 0.05) is 42.6 Å². The van der Waals surface area contributed by atoms with Crippen molar-refractivity contribution in [3.05, 3.63) is 36.5 Å². The molecule has 3 aromatic heterocycles. The van der Waals surface area contributed by atoms with Gasteiger partial charge in [0.25, 0.3) is 12.3 Å². The van der Waals surface area contributed by atoms with E-state index in [9.17, 15) is 22.1 Å². The summed E-state index contributed by atoms with van der Waals surface area (Å²) < 4.78 is 70.9. The maximum absolute atomic E-state index is 14.7. The molecule has 32 heavy (non-hydrogen) atoms. The Morgan fingerprint density at radius 1 is 1.31 bits per heavy atom. The van der Waals surface area contributed by atoms with Crippen LogP contribution in [-0.4, -0.2) is 60.9 Å². The number of alkyl halides is 4. The zero-order chi connectivity index (χ0) is 23.0. The van der Waals surface area contributed by atoms with Gasteiger partial charge in [-0.05, 0) is 6.07 Å². The van der Waals surface area contributed by atoms with E-state index >= 15 is 0 Å². The van der Waals surface area contributed by atoms with Gasteiger partial charge in [-0.3, -0.25) is 0 Å². The van der Waals surface area contributed by atoms with Crippen LogP contribution < -0.4 is 9.62 Å². The molecule has 1 saturated heterocycles. The number of halogens is 4. The SMILES string of the molecule is C[C@H]1CN(c2cc(-c3cnn4ccc(C(F)F)nc34)ncn2)C[C@@H](CN[S+](C)[O-])C1(F)F. The maximum Gasteiger partial charge on any atom is 0.280 e. The Kier molecular flexibility index (Phi) is 6.23. The fraction of sp³-hybridized carbons (Fsp3) is 0.474. The molecule has 1 N–H and O–H groups in total. The Morgan fingerprint density at radius 3 is 2.81 bits per heavy atom. The van der Waals surface area contributed by atoms with Crippen LogP contribution in [0.15, 0.2) is 30.9 Å². The molecule has 1 unspecified atom stereocenters. The second kappa shape index (κ2) is 8.79. The van der Waals surface area contributed by atoms with Gasteiger partial charge in [-0.1, -0.05) is 6.92 Å². The average molecular weight is 471 g/mol. The summed E-state index contributed by atoms with van der Waals surface area (Å²) in [6.07, 6.45) is 2.79. The lowest BCUT2D eigenvalue weighted by molar-refractivity contribution is -0.108. The van der Waals surface area contributed by atoms with Gasteiger partial charge in [-0.2, -0.15) is 5.10 Å². The third-order valence-electron chi connectivity index (χ3n) is 5.54. The van der Waals surface area contributed by atoms with Crippen LogP contribution in [0.2, 0.25) is 0 Å². The summed E-state index contributed by atoms with van der Waals surface area (Å²) in [7, 11) is 0. The number of hydrogen-bond donors (Lipinski definition) is 1. The number of aromatic nitrogens is 5. The van der Waals surface area contributed by atoms with E-state index in [1.165, 1.54) is 42.5 Å². The van der Waals surface area contributed by atoms with Gasteiger partial charge in [-0.25, -0.2) is 37.0 Å². The van der Waals surface area contributed by atoms with Crippen LogP contribution >= 0.6 is 0 Å². The van der Waals surface area contributed by atoms with E-state index in [4.69, 9.17) is 0 Å². The van der Waals surface area contributed by atoms with Crippen LogP contribution in [0.25, 0.3) is 16.9 Å². The quantitative estimate of drug-likeness (QED) is 0.436. The first kappa shape index (κ1) is 22.7. The minimum absolute atomic E-state index is 0.000529. The number of rotatable bonds is 6. The minimum atomic E-state index is -2.93. The number of hydrogen-bond acceptors (Lipinski definition) is 7. The molecule has 0 amide bonds. The Labute approximate surface area is 184 Å². The van der Waals surface area contributed by atoms with Crippen LogP contribution in [-0.2, 0) is 11.4 Å². The van der Waals surface area contributed by atoms with E-state index in [0.29, 0.717) is 17.1 Å². The van der Waals surface area contributed by atoms with Crippen molar-refractivity contribution in [3.8, 4) is 11.3 Å². The van der Waals surface area contributed by atoms with Crippen molar-refractivity contribution in [2.45, 2.75) is 19.3 Å². The summed E-state index contributed by atoms with van der Waals surface area (Å²) in [6.45, 7) is 1.42. The standard InChI is InChI=1S/C19H21F4N7OS/c1-11-8-29(9-12(19(11,22)23)6-27-32(2)31)16-5-15(24-10-25-16)13-7-26-30-4-3-14(17(20)21)28-18(13)30/h3-5,7,10-12,17,27H,6,8-9H2,1-2H3/t11-,12+,32?/m0/s1. The van der Waals surface area contributed by atoms with Crippen LogP contribution in [0.3, 0.4) is 0 Å². The average Bonchev–Trinajstić information content (AvgIpc) is 3.18. The Morgan fingerprint density at radius 2 is 2.09 bits per heavy atom. The highest BCUT2D eigenvalue weighted by Crippen LogP contribution is 2.39. The molecule has 0 spiro atoms. The highest BCUT2D eigenvalue weighted by atomic mass is 32.2. The molecular weight excluding hydrogens is 450 g/mol. The van der Waals surface area contributed by atoms with Crippen molar-refractivity contribution in [1.82, 2.24) is 29.3 Å². The van der Waals surface area contributed by atoms with Crippen molar-refractivity contribution in [1.29, 1.82) is 0 Å². The van der Waals surface area contributed by atoms with Gasteiger partial charge >= 0.3 is 0 Å². The maximum atomic E-state index is 14.7. The highest BCUT2D eigenvalue weighted by molar-refractivity contribution is 7.88. The topological polar surface area (TPSA) is 94.3 Å². The molecule has 8 nitrogen and oxygen atoms in total. The molecule has 0 bridgehead atoms. The predicted octanol–water partition coefficient (Wildman–Crippen LogP) is 2.71. The molecular formula is C19H21F4N7OS. The van der Waals surface area contributed by atoms with Crippen molar-refractivity contribution < 1.29 is 22.1 Å². The zero-order valence-corrected chi connectivity index (χ0v) is 18.1. The molecule has 0 saturated carbocycles. The summed E-state index contributed by atoms with van der Waals surface area (Å²) in [6, 6.07) is 2.79. The van der Waals surface area contributed by atoms with Crippen LogP contribution in [0.4, 0.5) is 23.4 Å². The van der Waals surface area contributed by atoms with Gasteiger partial charge < -0.3 is 9.45 Å². The largest absolute Gasteiger partial charge is 0.598 e. The lowest BCUT2D eigenvalue weighted by Gasteiger charge is -2.42. The summed E-state index contributed by atoms with van der Waals surface area (Å²) in [5.41, 5.74) is 0.632. The fourth-order valence-corrected chi connectivity index (χ4v) is 4.21. The molecule has 1 aliphatic rings. The molecule has 1 aliphatic heterocycles. The van der Waals surface area contributed by atoms with E-state index in [-0.39, 0.29) is 31.0 Å². The monoisotopic (exact) mass is 471 g/mol.